The summed E-state index contributed by atoms with van der Waals surface area (Å²) in [6.45, 7) is 2.57. The van der Waals surface area contributed by atoms with Crippen molar-refractivity contribution in [1.29, 1.82) is 0 Å². The van der Waals surface area contributed by atoms with E-state index in [9.17, 15) is 35.1 Å². The van der Waals surface area contributed by atoms with E-state index in [1.54, 1.807) is 23.3 Å². The highest BCUT2D eigenvalue weighted by molar-refractivity contribution is 7.91. The third-order valence-corrected chi connectivity index (χ3v) is 12.0. The van der Waals surface area contributed by atoms with E-state index in [-0.39, 0.29) is 47.6 Å². The van der Waals surface area contributed by atoms with E-state index >= 15 is 0 Å². The second-order valence-corrected chi connectivity index (χ2v) is 15.2. The summed E-state index contributed by atoms with van der Waals surface area (Å²) in [4.78, 5) is 1.77. The Morgan fingerprint density at radius 1 is 1.00 bits per heavy atom. The van der Waals surface area contributed by atoms with Gasteiger partial charge in [-0.05, 0) is 47.5 Å². The van der Waals surface area contributed by atoms with Crippen LogP contribution in [0.4, 0.5) is 18.9 Å². The standard InChI is InChI=1S/C27H32F3N3O5S3/c1-20(21-7-4-3-5-8-21)19-40(35,36)31-17-24-18-32(41(37,38)25-9-6-16-39-25)14-15-33(24)23-12-10-22(11-13-23)26(2,34)27(28,29)30/h3-13,16,20,24,31,34H,14-15,17-19H2,1-2H3/t20?,24-,26+/m1/s1. The topological polar surface area (TPSA) is 107 Å². The number of rotatable bonds is 10. The second-order valence-electron chi connectivity index (χ2n) is 10.2. The van der Waals surface area contributed by atoms with Gasteiger partial charge < -0.3 is 10.0 Å². The summed E-state index contributed by atoms with van der Waals surface area (Å²) < 4.78 is 96.6. The van der Waals surface area contributed by atoms with Gasteiger partial charge in [-0.2, -0.15) is 17.5 Å². The molecule has 41 heavy (non-hydrogen) atoms. The number of benzene rings is 2. The van der Waals surface area contributed by atoms with Crippen LogP contribution in [0.5, 0.6) is 0 Å². The molecule has 1 aliphatic heterocycles. The van der Waals surface area contributed by atoms with Crippen LogP contribution >= 0.6 is 11.3 Å². The molecule has 2 aromatic carbocycles. The predicted octanol–water partition coefficient (Wildman–Crippen LogP) is 4.12. The SMILES string of the molecule is CC(CS(=O)(=O)NC[C@@H]1CN(S(=O)(=O)c2cccs2)CCN1c1ccc([C@](C)(O)C(F)(F)F)cc1)c1ccccc1. The van der Waals surface area contributed by atoms with Crippen molar-refractivity contribution in [3.05, 3.63) is 83.2 Å². The molecule has 0 saturated carbocycles. The van der Waals surface area contributed by atoms with Crippen LogP contribution in [0.25, 0.3) is 0 Å². The molecule has 224 valence electrons. The van der Waals surface area contributed by atoms with Gasteiger partial charge in [0.15, 0.2) is 5.60 Å². The molecule has 8 nitrogen and oxygen atoms in total. The molecule has 0 spiro atoms. The lowest BCUT2D eigenvalue weighted by atomic mass is 9.95. The summed E-state index contributed by atoms with van der Waals surface area (Å²) in [6, 6.07) is 16.8. The number of alkyl halides is 3. The molecule has 2 heterocycles. The first-order chi connectivity index (χ1) is 19.1. The number of nitrogens with one attached hydrogen (secondary N) is 1. The summed E-state index contributed by atoms with van der Waals surface area (Å²) in [7, 11) is -7.59. The van der Waals surface area contributed by atoms with Gasteiger partial charge in [0.1, 0.15) is 4.21 Å². The molecular weight excluding hydrogens is 600 g/mol. The smallest absolute Gasteiger partial charge is 0.376 e. The minimum absolute atomic E-state index is 0.0426. The van der Waals surface area contributed by atoms with E-state index < -0.39 is 37.9 Å². The lowest BCUT2D eigenvalue weighted by Crippen LogP contribution is -2.58. The maximum Gasteiger partial charge on any atom is 0.421 e. The number of piperazine rings is 1. The van der Waals surface area contributed by atoms with E-state index in [1.165, 1.54) is 34.6 Å². The van der Waals surface area contributed by atoms with Gasteiger partial charge in [0.05, 0.1) is 11.8 Å². The third kappa shape index (κ3) is 7.12. The number of thiophene rings is 1. The molecule has 0 bridgehead atoms. The van der Waals surface area contributed by atoms with Gasteiger partial charge in [0.25, 0.3) is 10.0 Å². The molecule has 1 aliphatic rings. The third-order valence-electron chi connectivity index (χ3n) is 7.22. The van der Waals surface area contributed by atoms with Crippen LogP contribution in [0.1, 0.15) is 30.9 Å². The van der Waals surface area contributed by atoms with Crippen LogP contribution in [-0.4, -0.2) is 70.4 Å². The van der Waals surface area contributed by atoms with Crippen molar-refractivity contribution in [2.45, 2.75) is 41.8 Å². The summed E-state index contributed by atoms with van der Waals surface area (Å²) in [5, 5.41) is 11.7. The zero-order valence-electron chi connectivity index (χ0n) is 22.5. The van der Waals surface area contributed by atoms with Crippen molar-refractivity contribution in [2.75, 3.05) is 36.8 Å². The van der Waals surface area contributed by atoms with Gasteiger partial charge in [0, 0.05) is 31.9 Å². The molecule has 2 N–H and O–H groups in total. The average Bonchev–Trinajstić information content (AvgIpc) is 3.48. The quantitative estimate of drug-likeness (QED) is 0.349. The molecule has 1 unspecified atom stereocenters. The molecule has 1 aromatic heterocycles. The molecule has 1 saturated heterocycles. The normalized spacial score (nSPS) is 19.6. The van der Waals surface area contributed by atoms with E-state index in [2.05, 4.69) is 4.72 Å². The van der Waals surface area contributed by atoms with Gasteiger partial charge in [-0.1, -0.05) is 55.5 Å². The second kappa shape index (κ2) is 12.0. The molecule has 3 aromatic rings. The molecule has 1 fully saturated rings. The summed E-state index contributed by atoms with van der Waals surface area (Å²) in [5.41, 5.74) is -2.06. The maximum atomic E-state index is 13.3. The minimum Gasteiger partial charge on any atom is -0.376 e. The average molecular weight is 632 g/mol. The fourth-order valence-electron chi connectivity index (χ4n) is 4.73. The van der Waals surface area contributed by atoms with E-state index in [0.717, 1.165) is 16.9 Å². The largest absolute Gasteiger partial charge is 0.421 e. The number of sulfonamides is 2. The lowest BCUT2D eigenvalue weighted by molar-refractivity contribution is -0.258. The number of nitrogens with zero attached hydrogens (tertiary/aromatic N) is 2. The van der Waals surface area contributed by atoms with Crippen LogP contribution in [0.15, 0.2) is 76.3 Å². The molecule has 0 amide bonds. The molecule has 0 aliphatic carbocycles. The Kier molecular flexibility index (Phi) is 9.21. The van der Waals surface area contributed by atoms with Crippen LogP contribution in [-0.2, 0) is 25.6 Å². The van der Waals surface area contributed by atoms with Crippen LogP contribution in [0, 0.1) is 0 Å². The molecule has 0 radical (unpaired) electrons. The van der Waals surface area contributed by atoms with Crippen LogP contribution < -0.4 is 9.62 Å². The van der Waals surface area contributed by atoms with Gasteiger partial charge in [0.2, 0.25) is 10.0 Å². The first kappa shape index (κ1) is 31.4. The fourth-order valence-corrected chi connectivity index (χ4v) is 8.76. The Morgan fingerprint density at radius 3 is 2.24 bits per heavy atom. The van der Waals surface area contributed by atoms with Crippen molar-refractivity contribution in [3.8, 4) is 0 Å². The Labute approximate surface area is 242 Å². The fraction of sp³-hybridized carbons (Fsp3) is 0.407. The van der Waals surface area contributed by atoms with Crippen LogP contribution in [0.3, 0.4) is 0 Å². The van der Waals surface area contributed by atoms with Gasteiger partial charge >= 0.3 is 6.18 Å². The highest BCUT2D eigenvalue weighted by Gasteiger charge is 2.51. The molecule has 4 rings (SSSR count). The highest BCUT2D eigenvalue weighted by atomic mass is 32.2. The van der Waals surface area contributed by atoms with Crippen molar-refractivity contribution < 1.29 is 35.1 Å². The van der Waals surface area contributed by atoms with Crippen molar-refractivity contribution >= 4 is 37.1 Å². The van der Waals surface area contributed by atoms with Gasteiger partial charge in [-0.3, -0.25) is 0 Å². The Morgan fingerprint density at radius 2 is 1.66 bits per heavy atom. The zero-order valence-corrected chi connectivity index (χ0v) is 24.9. The van der Waals surface area contributed by atoms with E-state index in [4.69, 9.17) is 0 Å². The number of halogens is 3. The van der Waals surface area contributed by atoms with Gasteiger partial charge in [-0.25, -0.2) is 21.6 Å². The Bertz CT molecular complexity index is 1510. The lowest BCUT2D eigenvalue weighted by Gasteiger charge is -2.42. The monoisotopic (exact) mass is 631 g/mol. The number of anilines is 1. The minimum atomic E-state index is -4.88. The van der Waals surface area contributed by atoms with E-state index in [0.29, 0.717) is 12.6 Å². The first-order valence-electron chi connectivity index (χ1n) is 12.8. The Hall–Kier alpha value is -2.49. The number of hydrogen-bond donors (Lipinski definition) is 2. The van der Waals surface area contributed by atoms with Crippen LogP contribution in [0.2, 0.25) is 0 Å². The van der Waals surface area contributed by atoms with E-state index in [1.807, 2.05) is 30.3 Å². The molecular formula is C27H32F3N3O5S3. The van der Waals surface area contributed by atoms with Gasteiger partial charge in [-0.15, -0.1) is 11.3 Å². The maximum absolute atomic E-state index is 13.3. The predicted molar refractivity (Wildman–Crippen MR) is 153 cm³/mol. The zero-order chi connectivity index (χ0) is 30.1. The first-order valence-corrected chi connectivity index (χ1v) is 16.8. The van der Waals surface area contributed by atoms with Crippen molar-refractivity contribution in [2.24, 2.45) is 0 Å². The Balaban J connectivity index is 1.56. The summed E-state index contributed by atoms with van der Waals surface area (Å²) in [6.07, 6.45) is -4.88. The summed E-state index contributed by atoms with van der Waals surface area (Å²) >= 11 is 1.08. The van der Waals surface area contributed by atoms with Crippen molar-refractivity contribution in [1.82, 2.24) is 9.03 Å². The highest BCUT2D eigenvalue weighted by Crippen LogP contribution is 2.39. The molecule has 14 heteroatoms. The molecule has 3 atom stereocenters. The number of aliphatic hydroxyl groups is 1. The van der Waals surface area contributed by atoms with Crippen molar-refractivity contribution in [3.63, 3.8) is 0 Å². The summed E-state index contributed by atoms with van der Waals surface area (Å²) in [5.74, 6) is -0.469. The number of hydrogen-bond acceptors (Lipinski definition) is 7.